The van der Waals surface area contributed by atoms with Crippen LogP contribution in [0.25, 0.3) is 0 Å². The van der Waals surface area contributed by atoms with Crippen LogP contribution in [0.3, 0.4) is 0 Å². The number of rotatable bonds is 1. The maximum absolute atomic E-state index is 13.3. The molecule has 2 atom stereocenters. The quantitative estimate of drug-likeness (QED) is 0.533. The zero-order valence-corrected chi connectivity index (χ0v) is 8.90. The summed E-state index contributed by atoms with van der Waals surface area (Å²) in [5.74, 6) is -27.3. The van der Waals surface area contributed by atoms with Crippen molar-refractivity contribution in [3.05, 3.63) is 0 Å². The molecule has 0 spiro atoms. The molecule has 0 aliphatic heterocycles. The van der Waals surface area contributed by atoms with Crippen molar-refractivity contribution in [2.45, 2.75) is 35.5 Å². The van der Waals surface area contributed by atoms with E-state index in [0.29, 0.717) is 0 Å². The van der Waals surface area contributed by atoms with Crippen LogP contribution in [-0.4, -0.2) is 40.8 Å². The molecule has 19 heavy (non-hydrogen) atoms. The Balaban J connectivity index is 3.72. The molecule has 0 aromatic carbocycles. The smallest absolute Gasteiger partial charge is 0.277 e. The average molecular weight is 327 g/mol. The molecule has 0 bridgehead atoms. The molecular formula is C7HClF10O. The van der Waals surface area contributed by atoms with Gasteiger partial charge in [-0.2, -0.15) is 35.1 Å². The summed E-state index contributed by atoms with van der Waals surface area (Å²) in [4.78, 5) is 10.3. The van der Waals surface area contributed by atoms with Crippen LogP contribution in [0, 0.1) is 0 Å². The van der Waals surface area contributed by atoms with Crippen LogP contribution in [0.2, 0.25) is 0 Å². The monoisotopic (exact) mass is 326 g/mol. The largest absolute Gasteiger partial charge is 0.382 e. The van der Waals surface area contributed by atoms with Crippen molar-refractivity contribution in [3.63, 3.8) is 0 Å². The van der Waals surface area contributed by atoms with E-state index >= 15 is 0 Å². The van der Waals surface area contributed by atoms with Gasteiger partial charge in [0, 0.05) is 0 Å². The Morgan fingerprint density at radius 1 is 0.789 bits per heavy atom. The molecule has 1 nitrogen and oxygen atoms in total. The Kier molecular flexibility index (Phi) is 3.15. The van der Waals surface area contributed by atoms with Crippen LogP contribution < -0.4 is 0 Å². The van der Waals surface area contributed by atoms with Crippen LogP contribution in [0.5, 0.6) is 0 Å². The minimum Gasteiger partial charge on any atom is -0.277 e. The number of halogens is 11. The maximum Gasteiger partial charge on any atom is 0.382 e. The molecule has 0 N–H and O–H groups in total. The zero-order chi connectivity index (χ0) is 15.7. The van der Waals surface area contributed by atoms with Gasteiger partial charge in [-0.05, 0) is 11.6 Å². The van der Waals surface area contributed by atoms with Crippen LogP contribution in [0.1, 0.15) is 0 Å². The van der Waals surface area contributed by atoms with E-state index < -0.39 is 40.8 Å². The molecule has 1 aliphatic carbocycles. The molecule has 1 aliphatic rings. The van der Waals surface area contributed by atoms with Crippen molar-refractivity contribution < 1.29 is 48.7 Å². The number of carbonyl (C=O) groups excluding carboxylic acids is 1. The maximum atomic E-state index is 13.3. The second-order valence-corrected chi connectivity index (χ2v) is 4.04. The number of carbonyl (C=O) groups is 1. The van der Waals surface area contributed by atoms with E-state index in [2.05, 4.69) is 11.6 Å². The SMILES string of the molecule is O=C(Cl)C1(F)C(F)C(F)(F)C(F)(F)C(F)(F)C1(F)F. The van der Waals surface area contributed by atoms with Crippen LogP contribution in [0.15, 0.2) is 0 Å². The summed E-state index contributed by atoms with van der Waals surface area (Å²) in [6.07, 6.45) is -5.25. The molecule has 0 aromatic rings. The lowest BCUT2D eigenvalue weighted by Gasteiger charge is -2.48. The summed E-state index contributed by atoms with van der Waals surface area (Å²) in [6, 6.07) is 0. The minimum absolute atomic E-state index is 3.28. The van der Waals surface area contributed by atoms with Crippen molar-refractivity contribution >= 4 is 16.8 Å². The van der Waals surface area contributed by atoms with E-state index in [1.165, 1.54) is 0 Å². The van der Waals surface area contributed by atoms with Gasteiger partial charge < -0.3 is 0 Å². The van der Waals surface area contributed by atoms with E-state index in [1.54, 1.807) is 0 Å². The fraction of sp³-hybridized carbons (Fsp3) is 0.857. The molecule has 12 heteroatoms. The van der Waals surface area contributed by atoms with Crippen molar-refractivity contribution in [3.8, 4) is 0 Å². The molecule has 0 aromatic heterocycles. The molecule has 2 unspecified atom stereocenters. The summed E-state index contributed by atoms with van der Waals surface area (Å²) in [5, 5.41) is -3.28. The Hall–Kier alpha value is -0.740. The Morgan fingerprint density at radius 3 is 1.47 bits per heavy atom. The van der Waals surface area contributed by atoms with E-state index in [1.807, 2.05) is 0 Å². The molecule has 1 saturated carbocycles. The van der Waals surface area contributed by atoms with Gasteiger partial charge in [0.25, 0.3) is 10.9 Å². The highest BCUT2D eigenvalue weighted by atomic mass is 35.5. The number of alkyl halides is 10. The highest BCUT2D eigenvalue weighted by molar-refractivity contribution is 6.65. The van der Waals surface area contributed by atoms with E-state index in [-0.39, 0.29) is 0 Å². The van der Waals surface area contributed by atoms with Gasteiger partial charge in [-0.25, -0.2) is 8.78 Å². The lowest BCUT2D eigenvalue weighted by Crippen LogP contribution is -2.81. The first-order valence-electron chi connectivity index (χ1n) is 4.14. The van der Waals surface area contributed by atoms with Crippen molar-refractivity contribution in [1.29, 1.82) is 0 Å². The van der Waals surface area contributed by atoms with Gasteiger partial charge in [-0.15, -0.1) is 0 Å². The fourth-order valence-electron chi connectivity index (χ4n) is 1.43. The first-order valence-corrected chi connectivity index (χ1v) is 4.52. The third kappa shape index (κ3) is 1.42. The van der Waals surface area contributed by atoms with Crippen molar-refractivity contribution in [2.75, 3.05) is 0 Å². The third-order valence-corrected chi connectivity index (χ3v) is 2.89. The third-order valence-electron chi connectivity index (χ3n) is 2.62. The standard InChI is InChI=1S/C7HClF10O/c8-2(19)3(10)1(9)4(11,12)6(15,16)7(17,18)5(3,13)14/h1H. The summed E-state index contributed by atoms with van der Waals surface area (Å²) >= 11 is 4.08. The second-order valence-electron chi connectivity index (χ2n) is 3.69. The molecule has 0 amide bonds. The van der Waals surface area contributed by atoms with Gasteiger partial charge in [0.2, 0.25) is 6.17 Å². The molecule has 0 heterocycles. The summed E-state index contributed by atoms with van der Waals surface area (Å²) in [6.45, 7) is 0. The van der Waals surface area contributed by atoms with Crippen molar-refractivity contribution in [2.24, 2.45) is 0 Å². The van der Waals surface area contributed by atoms with Crippen molar-refractivity contribution in [1.82, 2.24) is 0 Å². The van der Waals surface area contributed by atoms with Gasteiger partial charge in [0.1, 0.15) is 0 Å². The average Bonchev–Trinajstić information content (AvgIpc) is 2.24. The molecule has 1 rings (SSSR count). The number of hydrogen-bond donors (Lipinski definition) is 0. The van der Waals surface area contributed by atoms with Gasteiger partial charge >= 0.3 is 23.7 Å². The van der Waals surface area contributed by atoms with Crippen LogP contribution in [-0.2, 0) is 4.79 Å². The van der Waals surface area contributed by atoms with Gasteiger partial charge in [-0.3, -0.25) is 4.79 Å². The molecule has 0 saturated heterocycles. The molecule has 112 valence electrons. The highest BCUT2D eigenvalue weighted by Crippen LogP contribution is 2.65. The lowest BCUT2D eigenvalue weighted by molar-refractivity contribution is -0.433. The van der Waals surface area contributed by atoms with Gasteiger partial charge in [0.05, 0.1) is 0 Å². The normalized spacial score (nSPS) is 38.8. The van der Waals surface area contributed by atoms with Crippen LogP contribution in [0.4, 0.5) is 43.9 Å². The van der Waals surface area contributed by atoms with Gasteiger partial charge in [-0.1, -0.05) is 0 Å². The summed E-state index contributed by atoms with van der Waals surface area (Å²) < 4.78 is 128. The fourth-order valence-corrected chi connectivity index (χ4v) is 1.64. The topological polar surface area (TPSA) is 17.1 Å². The Labute approximate surface area is 102 Å². The van der Waals surface area contributed by atoms with E-state index in [4.69, 9.17) is 0 Å². The first-order chi connectivity index (χ1) is 8.10. The van der Waals surface area contributed by atoms with E-state index in [0.717, 1.165) is 0 Å². The number of hydrogen-bond acceptors (Lipinski definition) is 1. The highest BCUT2D eigenvalue weighted by Gasteiger charge is 2.96. The van der Waals surface area contributed by atoms with Crippen LogP contribution >= 0.6 is 11.6 Å². The Bertz CT molecular complexity index is 420. The van der Waals surface area contributed by atoms with E-state index in [9.17, 15) is 48.7 Å². The zero-order valence-electron chi connectivity index (χ0n) is 8.14. The first kappa shape index (κ1) is 16.3. The summed E-state index contributed by atoms with van der Waals surface area (Å²) in [5.41, 5.74) is -6.00. The molecule has 0 radical (unpaired) electrons. The molecule has 1 fully saturated rings. The Morgan fingerprint density at radius 2 is 1.16 bits per heavy atom. The second kappa shape index (κ2) is 3.67. The lowest BCUT2D eigenvalue weighted by atomic mass is 9.74. The van der Waals surface area contributed by atoms with Gasteiger partial charge in [0.15, 0.2) is 0 Å². The predicted molar refractivity (Wildman–Crippen MR) is 39.4 cm³/mol. The predicted octanol–water partition coefficient (Wildman–Crippen LogP) is 3.35. The summed E-state index contributed by atoms with van der Waals surface area (Å²) in [7, 11) is 0. The minimum atomic E-state index is -7.04. The molecular weight excluding hydrogens is 326 g/mol.